The number of rotatable bonds is 4. The van der Waals surface area contributed by atoms with E-state index in [0.717, 1.165) is 15.8 Å². The summed E-state index contributed by atoms with van der Waals surface area (Å²) in [6, 6.07) is 13.6. The molecule has 0 spiro atoms. The summed E-state index contributed by atoms with van der Waals surface area (Å²) < 4.78 is 1.05. The molecule has 0 saturated carbocycles. The lowest BCUT2D eigenvalue weighted by atomic mass is 10.1. The van der Waals surface area contributed by atoms with Crippen LogP contribution >= 0.6 is 11.6 Å². The minimum Gasteiger partial charge on any atom is -0.324 e. The highest BCUT2D eigenvalue weighted by atomic mass is 35.5. The van der Waals surface area contributed by atoms with Gasteiger partial charge in [-0.05, 0) is 32.0 Å². The van der Waals surface area contributed by atoms with Crippen LogP contribution in [0.5, 0.6) is 0 Å². The number of aromatic nitrogens is 3. The number of nitrogens with zero attached hydrogens (tertiary/aromatic N) is 3. The Morgan fingerprint density at radius 1 is 1.19 bits per heavy atom. The van der Waals surface area contributed by atoms with Gasteiger partial charge in [0.15, 0.2) is 0 Å². The Hall–Kier alpha value is -2.99. The molecule has 1 heterocycles. The lowest BCUT2D eigenvalue weighted by Gasteiger charge is -2.14. The molecule has 1 aromatic heterocycles. The second-order valence-corrected chi connectivity index (χ2v) is 6.35. The van der Waals surface area contributed by atoms with Crippen LogP contribution < -0.4 is 11.0 Å². The van der Waals surface area contributed by atoms with Gasteiger partial charge in [0.05, 0.1) is 11.9 Å². The lowest BCUT2D eigenvalue weighted by Crippen LogP contribution is -2.34. The van der Waals surface area contributed by atoms with Crippen molar-refractivity contribution in [1.82, 2.24) is 14.8 Å². The Morgan fingerprint density at radius 3 is 2.58 bits per heavy atom. The van der Waals surface area contributed by atoms with Gasteiger partial charge in [-0.1, -0.05) is 47.5 Å². The van der Waals surface area contributed by atoms with E-state index in [1.807, 2.05) is 31.2 Å². The van der Waals surface area contributed by atoms with Crippen LogP contribution in [0.4, 0.5) is 5.69 Å². The van der Waals surface area contributed by atoms with Crippen LogP contribution in [0.15, 0.2) is 59.5 Å². The molecule has 0 unspecified atom stereocenters. The number of hydrogen-bond acceptors (Lipinski definition) is 4. The van der Waals surface area contributed by atoms with Crippen molar-refractivity contribution in [2.75, 3.05) is 5.32 Å². The van der Waals surface area contributed by atoms with Crippen LogP contribution in [0.25, 0.3) is 11.3 Å². The average molecular weight is 369 g/mol. The molecule has 0 aliphatic carbocycles. The van der Waals surface area contributed by atoms with Crippen LogP contribution in [-0.4, -0.2) is 20.7 Å². The second kappa shape index (κ2) is 7.49. The highest BCUT2D eigenvalue weighted by Crippen LogP contribution is 2.17. The topological polar surface area (TPSA) is 76.9 Å². The van der Waals surface area contributed by atoms with Crippen molar-refractivity contribution < 1.29 is 4.79 Å². The van der Waals surface area contributed by atoms with Crippen molar-refractivity contribution in [3.05, 3.63) is 75.8 Å². The fourth-order valence-electron chi connectivity index (χ4n) is 2.40. The third kappa shape index (κ3) is 3.97. The number of benzene rings is 2. The third-order valence-corrected chi connectivity index (χ3v) is 4.14. The molecule has 0 aliphatic heterocycles. The summed E-state index contributed by atoms with van der Waals surface area (Å²) in [6.07, 6.45) is 1.48. The smallest absolute Gasteiger partial charge is 0.324 e. The Bertz CT molecular complexity index is 999. The first-order valence-electron chi connectivity index (χ1n) is 8.03. The maximum atomic E-state index is 12.4. The van der Waals surface area contributed by atoms with E-state index >= 15 is 0 Å². The molecule has 7 heteroatoms. The molecule has 3 aromatic rings. The largest absolute Gasteiger partial charge is 0.365 e. The lowest BCUT2D eigenvalue weighted by molar-refractivity contribution is -0.119. The molecule has 1 atom stereocenters. The van der Waals surface area contributed by atoms with Gasteiger partial charge in [0, 0.05) is 16.3 Å². The molecule has 1 amide bonds. The van der Waals surface area contributed by atoms with Gasteiger partial charge in [0.25, 0.3) is 0 Å². The maximum Gasteiger partial charge on any atom is 0.365 e. The Labute approximate surface area is 155 Å². The van der Waals surface area contributed by atoms with E-state index in [9.17, 15) is 9.59 Å². The maximum absolute atomic E-state index is 12.4. The summed E-state index contributed by atoms with van der Waals surface area (Å²) >= 11 is 5.91. The summed E-state index contributed by atoms with van der Waals surface area (Å²) in [7, 11) is 0. The molecule has 26 heavy (non-hydrogen) atoms. The number of amides is 1. The molecule has 2 aromatic carbocycles. The van der Waals surface area contributed by atoms with Gasteiger partial charge in [-0.3, -0.25) is 4.79 Å². The molecule has 0 aliphatic rings. The summed E-state index contributed by atoms with van der Waals surface area (Å²) in [6.45, 7) is 3.56. The first-order chi connectivity index (χ1) is 12.4. The highest BCUT2D eigenvalue weighted by molar-refractivity contribution is 6.30. The summed E-state index contributed by atoms with van der Waals surface area (Å²) in [4.78, 5) is 28.7. The van der Waals surface area contributed by atoms with E-state index in [1.54, 1.807) is 31.2 Å². The number of carbonyl (C=O) groups is 1. The third-order valence-electron chi connectivity index (χ3n) is 3.90. The van der Waals surface area contributed by atoms with Crippen molar-refractivity contribution in [1.29, 1.82) is 0 Å². The van der Waals surface area contributed by atoms with E-state index in [-0.39, 0.29) is 5.91 Å². The second-order valence-electron chi connectivity index (χ2n) is 5.91. The van der Waals surface area contributed by atoms with Gasteiger partial charge in [-0.25, -0.2) is 9.48 Å². The minimum atomic E-state index is -0.818. The first kappa shape index (κ1) is 17.8. The van der Waals surface area contributed by atoms with Gasteiger partial charge in [0.1, 0.15) is 6.04 Å². The first-order valence-corrected chi connectivity index (χ1v) is 8.41. The molecule has 132 valence electrons. The monoisotopic (exact) mass is 368 g/mol. The van der Waals surface area contributed by atoms with E-state index in [4.69, 9.17) is 11.6 Å². The zero-order chi connectivity index (χ0) is 18.7. The van der Waals surface area contributed by atoms with Gasteiger partial charge in [-0.2, -0.15) is 10.1 Å². The average Bonchev–Trinajstić information content (AvgIpc) is 2.61. The number of hydrogen-bond donors (Lipinski definition) is 1. The molecule has 0 radical (unpaired) electrons. The number of carbonyl (C=O) groups excluding carboxylic acids is 1. The van der Waals surface area contributed by atoms with Crippen LogP contribution in [-0.2, 0) is 4.79 Å². The van der Waals surface area contributed by atoms with Crippen LogP contribution in [0.2, 0.25) is 5.02 Å². The number of halogens is 1. The molecule has 1 N–H and O–H groups in total. The standard InChI is InChI=1S/C19H17ClN4O2/c1-12-6-8-14(9-7-12)17-11-21-24(19(26)23-17)13(2)18(25)22-16-5-3-4-15(20)10-16/h3-11,13H,1-2H3,(H,22,25)/t13-/m0/s1. The molecule has 6 nitrogen and oxygen atoms in total. The van der Waals surface area contributed by atoms with Crippen molar-refractivity contribution in [3.8, 4) is 11.3 Å². The highest BCUT2D eigenvalue weighted by Gasteiger charge is 2.18. The quantitative estimate of drug-likeness (QED) is 0.765. The number of aryl methyl sites for hydroxylation is 1. The summed E-state index contributed by atoms with van der Waals surface area (Å²) in [5.41, 5.74) is 2.34. The zero-order valence-corrected chi connectivity index (χ0v) is 15.1. The minimum absolute atomic E-state index is 0.383. The predicted octanol–water partition coefficient (Wildman–Crippen LogP) is 3.47. The normalized spacial score (nSPS) is 11.8. The molecule has 0 bridgehead atoms. The molecular formula is C19H17ClN4O2. The fourth-order valence-corrected chi connectivity index (χ4v) is 2.59. The van der Waals surface area contributed by atoms with Gasteiger partial charge in [0.2, 0.25) is 5.91 Å². The number of nitrogens with one attached hydrogen (secondary N) is 1. The van der Waals surface area contributed by atoms with E-state index in [0.29, 0.717) is 16.4 Å². The zero-order valence-electron chi connectivity index (χ0n) is 14.3. The van der Waals surface area contributed by atoms with Crippen molar-refractivity contribution >= 4 is 23.2 Å². The van der Waals surface area contributed by atoms with Crippen molar-refractivity contribution in [2.24, 2.45) is 0 Å². The van der Waals surface area contributed by atoms with Gasteiger partial charge < -0.3 is 5.32 Å². The molecule has 3 rings (SSSR count). The Morgan fingerprint density at radius 2 is 1.92 bits per heavy atom. The van der Waals surface area contributed by atoms with Crippen LogP contribution in [0, 0.1) is 6.92 Å². The molecular weight excluding hydrogens is 352 g/mol. The van der Waals surface area contributed by atoms with Gasteiger partial charge >= 0.3 is 5.69 Å². The van der Waals surface area contributed by atoms with Crippen LogP contribution in [0.1, 0.15) is 18.5 Å². The predicted molar refractivity (Wildman–Crippen MR) is 101 cm³/mol. The van der Waals surface area contributed by atoms with Gasteiger partial charge in [-0.15, -0.1) is 0 Å². The Balaban J connectivity index is 1.81. The fraction of sp³-hybridized carbons (Fsp3) is 0.158. The van der Waals surface area contributed by atoms with E-state index in [2.05, 4.69) is 15.4 Å². The summed E-state index contributed by atoms with van der Waals surface area (Å²) in [5.74, 6) is -0.383. The van der Waals surface area contributed by atoms with Crippen LogP contribution in [0.3, 0.4) is 0 Å². The molecule has 0 saturated heterocycles. The van der Waals surface area contributed by atoms with E-state index in [1.165, 1.54) is 6.20 Å². The van der Waals surface area contributed by atoms with E-state index < -0.39 is 11.7 Å². The number of anilines is 1. The summed E-state index contributed by atoms with van der Waals surface area (Å²) in [5, 5.41) is 7.33. The van der Waals surface area contributed by atoms with Crippen molar-refractivity contribution in [2.45, 2.75) is 19.9 Å². The SMILES string of the molecule is Cc1ccc(-c2cnn([C@@H](C)C(=O)Nc3cccc(Cl)c3)c(=O)n2)cc1. The Kier molecular flexibility index (Phi) is 5.14. The van der Waals surface area contributed by atoms with Crippen molar-refractivity contribution in [3.63, 3.8) is 0 Å². The molecule has 0 fully saturated rings.